The van der Waals surface area contributed by atoms with E-state index in [-0.39, 0.29) is 16.2 Å². The first-order chi connectivity index (χ1) is 10.3. The summed E-state index contributed by atoms with van der Waals surface area (Å²) < 4.78 is 0. The molecule has 0 spiro atoms. The quantitative estimate of drug-likeness (QED) is 0.507. The van der Waals surface area contributed by atoms with Crippen molar-refractivity contribution in [2.75, 3.05) is 6.16 Å². The largest absolute Gasteiger partial charge is 0.198 e. The molecule has 0 saturated carbocycles. The van der Waals surface area contributed by atoms with Gasteiger partial charge >= 0.3 is 0 Å². The molecule has 1 rings (SSSR count). The Morgan fingerprint density at radius 3 is 1.57 bits per heavy atom. The van der Waals surface area contributed by atoms with Gasteiger partial charge in [-0.25, -0.2) is 0 Å². The topological polar surface area (TPSA) is 23.8 Å². The van der Waals surface area contributed by atoms with Gasteiger partial charge in [0, 0.05) is 6.42 Å². The highest BCUT2D eigenvalue weighted by molar-refractivity contribution is 7.47. The summed E-state index contributed by atoms with van der Waals surface area (Å²) in [4.78, 5) is 0. The molecule has 0 aliphatic heterocycles. The molecule has 23 heavy (non-hydrogen) atoms. The molecule has 0 heterocycles. The molecule has 0 N–H and O–H groups in total. The van der Waals surface area contributed by atoms with E-state index in [1.54, 1.807) is 0 Å². The van der Waals surface area contributed by atoms with Crippen LogP contribution in [-0.2, 0) is 16.2 Å². The summed E-state index contributed by atoms with van der Waals surface area (Å²) in [5.41, 5.74) is 4.74. The molecule has 2 heteroatoms. The molecule has 1 aromatic carbocycles. The lowest BCUT2D eigenvalue weighted by Gasteiger charge is -2.33. The minimum Gasteiger partial charge on any atom is -0.198 e. The van der Waals surface area contributed by atoms with Crippen LogP contribution in [0.1, 0.15) is 85.4 Å². The Bertz CT molecular complexity index is 551. The maximum absolute atomic E-state index is 8.91. The Labute approximate surface area is 145 Å². The highest BCUT2D eigenvalue weighted by atomic mass is 31.1. The van der Waals surface area contributed by atoms with Crippen molar-refractivity contribution in [1.82, 2.24) is 0 Å². The third-order valence-corrected chi connectivity index (χ3v) is 5.55. The Morgan fingerprint density at radius 1 is 0.826 bits per heavy atom. The molecule has 1 aromatic rings. The Balaban J connectivity index is 3.65. The van der Waals surface area contributed by atoms with Gasteiger partial charge in [0.2, 0.25) is 0 Å². The van der Waals surface area contributed by atoms with E-state index in [1.165, 1.54) is 22.0 Å². The lowest BCUT2D eigenvalue weighted by atomic mass is 9.75. The van der Waals surface area contributed by atoms with E-state index in [0.29, 0.717) is 15.0 Å². The van der Waals surface area contributed by atoms with Crippen LogP contribution in [-0.4, -0.2) is 6.16 Å². The molecular formula is C21H34NP. The van der Waals surface area contributed by atoms with Gasteiger partial charge in [0.25, 0.3) is 0 Å². The zero-order chi connectivity index (χ0) is 18.1. The molecule has 0 aliphatic carbocycles. The second-order valence-electron chi connectivity index (χ2n) is 9.53. The summed E-state index contributed by atoms with van der Waals surface area (Å²) in [5.74, 6) is 0. The smallest absolute Gasteiger partial charge is 0.0625 e. The lowest BCUT2D eigenvalue weighted by Crippen LogP contribution is -2.30. The molecule has 128 valence electrons. The van der Waals surface area contributed by atoms with Crippen LogP contribution in [0.15, 0.2) is 12.1 Å². The van der Waals surface area contributed by atoms with Gasteiger partial charge in [0.1, 0.15) is 0 Å². The first kappa shape index (κ1) is 20.2. The molecular weight excluding hydrogens is 297 g/mol. The minimum absolute atomic E-state index is 0.121. The zero-order valence-electron chi connectivity index (χ0n) is 16.5. The third kappa shape index (κ3) is 5.32. The molecule has 0 fully saturated rings. The summed E-state index contributed by atoms with van der Waals surface area (Å²) in [6, 6.07) is 7.14. The van der Waals surface area contributed by atoms with E-state index < -0.39 is 0 Å². The average molecular weight is 331 g/mol. The van der Waals surface area contributed by atoms with E-state index in [9.17, 15) is 0 Å². The van der Waals surface area contributed by atoms with Crippen LogP contribution in [0.25, 0.3) is 0 Å². The first-order valence-electron chi connectivity index (χ1n) is 8.59. The van der Waals surface area contributed by atoms with E-state index in [1.807, 2.05) is 0 Å². The molecule has 1 atom stereocenters. The molecule has 0 aromatic heterocycles. The predicted molar refractivity (Wildman–Crippen MR) is 106 cm³/mol. The molecule has 1 nitrogen and oxygen atoms in total. The number of nitrogens with zero attached hydrogens (tertiary/aromatic N) is 1. The molecule has 0 saturated heterocycles. The van der Waals surface area contributed by atoms with E-state index in [0.717, 1.165) is 6.16 Å². The monoisotopic (exact) mass is 331 g/mol. The summed E-state index contributed by atoms with van der Waals surface area (Å²) in [5, 5.41) is 10.4. The van der Waals surface area contributed by atoms with Crippen LogP contribution in [0.2, 0.25) is 0 Å². The summed E-state index contributed by atoms with van der Waals surface area (Å²) in [6.07, 6.45) is 1.62. The summed E-state index contributed by atoms with van der Waals surface area (Å²) in [6.45, 7) is 20.7. The van der Waals surface area contributed by atoms with Crippen molar-refractivity contribution in [2.45, 2.75) is 85.0 Å². The number of nitriles is 1. The van der Waals surface area contributed by atoms with Crippen LogP contribution in [0.4, 0.5) is 0 Å². The van der Waals surface area contributed by atoms with Crippen molar-refractivity contribution in [3.63, 3.8) is 0 Å². The number of benzene rings is 1. The van der Waals surface area contributed by atoms with Crippen LogP contribution in [0.3, 0.4) is 0 Å². The first-order valence-corrected chi connectivity index (χ1v) is 9.79. The second-order valence-corrected chi connectivity index (χ2v) is 10.9. The van der Waals surface area contributed by atoms with Gasteiger partial charge in [-0.3, -0.25) is 0 Å². The molecule has 0 radical (unpaired) electrons. The third-order valence-electron chi connectivity index (χ3n) is 4.16. The Kier molecular flexibility index (Phi) is 6.09. The van der Waals surface area contributed by atoms with Crippen molar-refractivity contribution in [2.24, 2.45) is 0 Å². The molecule has 1 unspecified atom stereocenters. The van der Waals surface area contributed by atoms with Crippen LogP contribution < -0.4 is 5.30 Å². The predicted octanol–water partition coefficient (Wildman–Crippen LogP) is 5.80. The fourth-order valence-corrected chi connectivity index (χ4v) is 4.45. The highest BCUT2D eigenvalue weighted by Crippen LogP contribution is 2.36. The van der Waals surface area contributed by atoms with Crippen molar-refractivity contribution < 1.29 is 0 Å². The average Bonchev–Trinajstić information content (AvgIpc) is 2.35. The molecule has 0 bridgehead atoms. The van der Waals surface area contributed by atoms with E-state index >= 15 is 0 Å². The van der Waals surface area contributed by atoms with Gasteiger partial charge in [-0.2, -0.15) is 5.26 Å². The van der Waals surface area contributed by atoms with E-state index in [2.05, 4.69) is 80.5 Å². The maximum Gasteiger partial charge on any atom is 0.0625 e. The van der Waals surface area contributed by atoms with Gasteiger partial charge in [0.05, 0.1) is 6.07 Å². The fraction of sp³-hybridized carbons (Fsp3) is 0.667. The maximum atomic E-state index is 8.91. The normalized spacial score (nSPS) is 13.6. The molecule has 0 aliphatic rings. The Hall–Kier alpha value is -0.860. The SMILES string of the molecule is CC(C)(C)c1cc(C(C)(C)C)c(PCCC#N)c(C(C)(C)C)c1. The van der Waals surface area contributed by atoms with Crippen molar-refractivity contribution in [1.29, 1.82) is 5.26 Å². The van der Waals surface area contributed by atoms with Crippen LogP contribution in [0.5, 0.6) is 0 Å². The fourth-order valence-electron chi connectivity index (χ4n) is 2.69. The van der Waals surface area contributed by atoms with Gasteiger partial charge in [-0.05, 0) is 44.4 Å². The van der Waals surface area contributed by atoms with Gasteiger partial charge in [-0.15, -0.1) is 0 Å². The van der Waals surface area contributed by atoms with Gasteiger partial charge in [-0.1, -0.05) is 83.0 Å². The number of hydrogen-bond donors (Lipinski definition) is 0. The van der Waals surface area contributed by atoms with Crippen molar-refractivity contribution in [3.05, 3.63) is 28.8 Å². The number of hydrogen-bond acceptors (Lipinski definition) is 1. The minimum atomic E-state index is 0.121. The van der Waals surface area contributed by atoms with Crippen molar-refractivity contribution in [3.8, 4) is 6.07 Å². The standard InChI is InChI=1S/C21H34NP/c1-19(2,3)15-13-16(20(4,5)6)18(23-12-10-11-22)17(14-15)21(7,8)9/h13-14,23H,10,12H2,1-9H3. The second kappa shape index (κ2) is 6.94. The highest BCUT2D eigenvalue weighted by Gasteiger charge is 2.28. The lowest BCUT2D eigenvalue weighted by molar-refractivity contribution is 0.553. The van der Waals surface area contributed by atoms with Crippen LogP contribution >= 0.6 is 8.58 Å². The molecule has 0 amide bonds. The Morgan fingerprint density at radius 2 is 1.26 bits per heavy atom. The summed E-state index contributed by atoms with van der Waals surface area (Å²) >= 11 is 0. The van der Waals surface area contributed by atoms with E-state index in [4.69, 9.17) is 5.26 Å². The summed E-state index contributed by atoms with van der Waals surface area (Å²) in [7, 11) is 0.713. The van der Waals surface area contributed by atoms with Crippen LogP contribution in [0, 0.1) is 11.3 Å². The van der Waals surface area contributed by atoms with Gasteiger partial charge in [0.15, 0.2) is 0 Å². The van der Waals surface area contributed by atoms with Gasteiger partial charge < -0.3 is 0 Å². The van der Waals surface area contributed by atoms with Crippen molar-refractivity contribution >= 4 is 13.9 Å². The zero-order valence-corrected chi connectivity index (χ0v) is 17.5. The number of rotatable bonds is 3.